The molecule has 1 fully saturated rings. The van der Waals surface area contributed by atoms with Gasteiger partial charge in [-0.2, -0.15) is 5.26 Å². The zero-order chi connectivity index (χ0) is 20.3. The summed E-state index contributed by atoms with van der Waals surface area (Å²) in [7, 11) is 1.62. The monoisotopic (exact) mass is 381 g/mol. The predicted octanol–water partition coefficient (Wildman–Crippen LogP) is 0.464. The Balaban J connectivity index is 1.68. The van der Waals surface area contributed by atoms with Crippen LogP contribution in [0.25, 0.3) is 0 Å². The maximum Gasteiger partial charge on any atom is 0.252 e. The molecule has 0 unspecified atom stereocenters. The molecule has 9 heteroatoms. The molecule has 2 aromatic rings. The topological polar surface area (TPSA) is 125 Å². The second-order valence-electron chi connectivity index (χ2n) is 7.32. The molecule has 2 heterocycles. The number of carbonyl (C=O) groups excluding carboxylic acids is 2. The highest BCUT2D eigenvalue weighted by atomic mass is 16.2. The standard InChI is InChI=1S/C19H23N7O2/c1-19(2,23-17(27)13-6-4-12(9-20)5-7-13)16-11-26(25-24-16)14-8-15(22-10-14)18(28)21-3/h4-7,11,14-15,22H,8,10H2,1-3H3,(H,21,28)(H,23,27)/t14-,15+/m1/s1. The van der Waals surface area contributed by atoms with Crippen LogP contribution in [0.4, 0.5) is 0 Å². The van der Waals surface area contributed by atoms with E-state index in [-0.39, 0.29) is 23.9 Å². The summed E-state index contributed by atoms with van der Waals surface area (Å²) in [4.78, 5) is 24.3. The van der Waals surface area contributed by atoms with Crippen LogP contribution in [-0.2, 0) is 10.3 Å². The van der Waals surface area contributed by atoms with Crippen molar-refractivity contribution in [2.45, 2.75) is 37.9 Å². The molecule has 0 aliphatic carbocycles. The van der Waals surface area contributed by atoms with Crippen molar-refractivity contribution in [3.8, 4) is 6.07 Å². The van der Waals surface area contributed by atoms with Crippen LogP contribution >= 0.6 is 0 Å². The summed E-state index contributed by atoms with van der Waals surface area (Å²) in [6.45, 7) is 4.32. The maximum absolute atomic E-state index is 12.5. The number of benzene rings is 1. The van der Waals surface area contributed by atoms with Gasteiger partial charge in [0.1, 0.15) is 5.69 Å². The second-order valence-corrected chi connectivity index (χ2v) is 7.32. The van der Waals surface area contributed by atoms with Crippen molar-refractivity contribution in [1.29, 1.82) is 5.26 Å². The molecule has 28 heavy (non-hydrogen) atoms. The van der Waals surface area contributed by atoms with E-state index < -0.39 is 5.54 Å². The normalized spacial score (nSPS) is 19.1. The highest BCUT2D eigenvalue weighted by Crippen LogP contribution is 2.23. The number of amides is 2. The number of carbonyl (C=O) groups is 2. The van der Waals surface area contributed by atoms with E-state index in [1.165, 1.54) is 0 Å². The fraction of sp³-hybridized carbons (Fsp3) is 0.421. The van der Waals surface area contributed by atoms with Gasteiger partial charge in [-0.15, -0.1) is 5.10 Å². The lowest BCUT2D eigenvalue weighted by Crippen LogP contribution is -2.41. The van der Waals surface area contributed by atoms with E-state index in [1.807, 2.05) is 19.9 Å². The van der Waals surface area contributed by atoms with Gasteiger partial charge >= 0.3 is 0 Å². The van der Waals surface area contributed by atoms with Gasteiger partial charge in [-0.3, -0.25) is 9.59 Å². The molecule has 0 saturated carbocycles. The quantitative estimate of drug-likeness (QED) is 0.691. The summed E-state index contributed by atoms with van der Waals surface area (Å²) in [5, 5.41) is 26.0. The molecule has 3 N–H and O–H groups in total. The van der Waals surface area contributed by atoms with E-state index in [1.54, 1.807) is 42.2 Å². The lowest BCUT2D eigenvalue weighted by atomic mass is 10.0. The number of nitriles is 1. The number of likely N-dealkylation sites (N-methyl/N-ethyl adjacent to an activating group) is 1. The third-order valence-electron chi connectivity index (χ3n) is 4.90. The Morgan fingerprint density at radius 2 is 2.04 bits per heavy atom. The first-order valence-electron chi connectivity index (χ1n) is 9.04. The van der Waals surface area contributed by atoms with E-state index >= 15 is 0 Å². The number of hydrogen-bond acceptors (Lipinski definition) is 6. The first-order valence-corrected chi connectivity index (χ1v) is 9.04. The highest BCUT2D eigenvalue weighted by Gasteiger charge is 2.32. The Bertz CT molecular complexity index is 911. The van der Waals surface area contributed by atoms with E-state index in [9.17, 15) is 9.59 Å². The molecular weight excluding hydrogens is 358 g/mol. The maximum atomic E-state index is 12.5. The molecule has 1 aromatic carbocycles. The van der Waals surface area contributed by atoms with Crippen molar-refractivity contribution in [3.63, 3.8) is 0 Å². The van der Waals surface area contributed by atoms with Crippen LogP contribution in [-0.4, -0.2) is 46.4 Å². The second kappa shape index (κ2) is 7.78. The molecule has 2 atom stereocenters. The number of nitrogens with one attached hydrogen (secondary N) is 3. The third kappa shape index (κ3) is 4.02. The predicted molar refractivity (Wildman–Crippen MR) is 101 cm³/mol. The molecule has 2 amide bonds. The third-order valence-corrected chi connectivity index (χ3v) is 4.90. The number of aromatic nitrogens is 3. The SMILES string of the molecule is CNC(=O)[C@@H]1C[C@@H](n2cc(C(C)(C)NC(=O)c3ccc(C#N)cc3)nn2)CN1. The van der Waals surface area contributed by atoms with Gasteiger partial charge in [0.2, 0.25) is 5.91 Å². The zero-order valence-electron chi connectivity index (χ0n) is 16.1. The Hall–Kier alpha value is -3.25. The molecule has 1 aliphatic heterocycles. The molecule has 1 aliphatic rings. The van der Waals surface area contributed by atoms with Gasteiger partial charge in [-0.1, -0.05) is 5.21 Å². The zero-order valence-corrected chi connectivity index (χ0v) is 16.1. The van der Waals surface area contributed by atoms with E-state index in [0.29, 0.717) is 29.8 Å². The van der Waals surface area contributed by atoms with Crippen LogP contribution in [0.15, 0.2) is 30.5 Å². The number of nitrogens with zero attached hydrogens (tertiary/aromatic N) is 4. The Morgan fingerprint density at radius 1 is 1.32 bits per heavy atom. The van der Waals surface area contributed by atoms with Crippen LogP contribution in [0.3, 0.4) is 0 Å². The van der Waals surface area contributed by atoms with Gasteiger partial charge in [-0.25, -0.2) is 4.68 Å². The molecule has 3 rings (SSSR count). The first-order chi connectivity index (χ1) is 13.3. The first kappa shape index (κ1) is 19.5. The summed E-state index contributed by atoms with van der Waals surface area (Å²) in [6, 6.07) is 8.25. The van der Waals surface area contributed by atoms with Crippen molar-refractivity contribution in [1.82, 2.24) is 30.9 Å². The van der Waals surface area contributed by atoms with Crippen molar-refractivity contribution in [2.75, 3.05) is 13.6 Å². The van der Waals surface area contributed by atoms with Gasteiger partial charge in [0, 0.05) is 19.2 Å². The van der Waals surface area contributed by atoms with Crippen LogP contribution in [0.5, 0.6) is 0 Å². The Kier molecular flexibility index (Phi) is 5.42. The molecule has 0 radical (unpaired) electrons. The lowest BCUT2D eigenvalue weighted by Gasteiger charge is -2.23. The minimum Gasteiger partial charge on any atom is -0.358 e. The number of hydrogen-bond donors (Lipinski definition) is 3. The van der Waals surface area contributed by atoms with E-state index in [2.05, 4.69) is 26.3 Å². The summed E-state index contributed by atoms with van der Waals surface area (Å²) in [5.41, 5.74) is 0.847. The lowest BCUT2D eigenvalue weighted by molar-refractivity contribution is -0.122. The highest BCUT2D eigenvalue weighted by molar-refractivity contribution is 5.94. The minimum atomic E-state index is -0.741. The molecule has 0 bridgehead atoms. The Labute approximate surface area is 163 Å². The molecular formula is C19H23N7O2. The van der Waals surface area contributed by atoms with Gasteiger partial charge < -0.3 is 16.0 Å². The van der Waals surface area contributed by atoms with Crippen molar-refractivity contribution in [3.05, 3.63) is 47.3 Å². The molecule has 1 aromatic heterocycles. The largest absolute Gasteiger partial charge is 0.358 e. The summed E-state index contributed by atoms with van der Waals surface area (Å²) < 4.78 is 1.74. The van der Waals surface area contributed by atoms with Gasteiger partial charge in [-0.05, 0) is 44.5 Å². The fourth-order valence-corrected chi connectivity index (χ4v) is 3.15. The van der Waals surface area contributed by atoms with Crippen LogP contribution in [0.1, 0.15) is 47.9 Å². The van der Waals surface area contributed by atoms with E-state index in [4.69, 9.17) is 5.26 Å². The minimum absolute atomic E-state index is 0.0218. The van der Waals surface area contributed by atoms with Crippen molar-refractivity contribution < 1.29 is 9.59 Å². The van der Waals surface area contributed by atoms with Crippen molar-refractivity contribution in [2.24, 2.45) is 0 Å². The molecule has 9 nitrogen and oxygen atoms in total. The van der Waals surface area contributed by atoms with Gasteiger partial charge in [0.15, 0.2) is 0 Å². The molecule has 1 saturated heterocycles. The van der Waals surface area contributed by atoms with Crippen molar-refractivity contribution >= 4 is 11.8 Å². The average molecular weight is 381 g/mol. The average Bonchev–Trinajstić information content (AvgIpc) is 3.36. The molecule has 146 valence electrons. The molecule has 0 spiro atoms. The van der Waals surface area contributed by atoms with Gasteiger partial charge in [0.05, 0.1) is 35.5 Å². The fourth-order valence-electron chi connectivity index (χ4n) is 3.15. The van der Waals surface area contributed by atoms with Crippen LogP contribution in [0.2, 0.25) is 0 Å². The van der Waals surface area contributed by atoms with Crippen LogP contribution < -0.4 is 16.0 Å². The number of rotatable bonds is 5. The summed E-state index contributed by atoms with van der Waals surface area (Å²) in [5.74, 6) is -0.302. The Morgan fingerprint density at radius 3 is 2.68 bits per heavy atom. The van der Waals surface area contributed by atoms with Gasteiger partial charge in [0.25, 0.3) is 5.91 Å². The smallest absolute Gasteiger partial charge is 0.252 e. The van der Waals surface area contributed by atoms with E-state index in [0.717, 1.165) is 0 Å². The summed E-state index contributed by atoms with van der Waals surface area (Å²) in [6.07, 6.45) is 2.43. The van der Waals surface area contributed by atoms with Crippen LogP contribution in [0, 0.1) is 11.3 Å². The summed E-state index contributed by atoms with van der Waals surface area (Å²) >= 11 is 0.